The van der Waals surface area contributed by atoms with Crippen LogP contribution in [0.2, 0.25) is 0 Å². The summed E-state index contributed by atoms with van der Waals surface area (Å²) in [5.74, 6) is 0.196. The zero-order valence-electron chi connectivity index (χ0n) is 21.9. The van der Waals surface area contributed by atoms with Gasteiger partial charge in [-0.1, -0.05) is 25.0 Å². The minimum atomic E-state index is -4.78. The lowest BCUT2D eigenvalue weighted by atomic mass is 9.89. The number of nitrogens with one attached hydrogen (secondary N) is 1. The average molecular weight is 546 g/mol. The molecule has 0 bridgehead atoms. The maximum atomic E-state index is 14.8. The van der Waals surface area contributed by atoms with Crippen molar-refractivity contribution in [3.05, 3.63) is 52.7 Å². The van der Waals surface area contributed by atoms with E-state index in [9.17, 15) is 22.4 Å². The van der Waals surface area contributed by atoms with E-state index < -0.39 is 23.6 Å². The van der Waals surface area contributed by atoms with E-state index in [1.807, 2.05) is 11.0 Å². The Morgan fingerprint density at radius 1 is 1.18 bits per heavy atom. The van der Waals surface area contributed by atoms with Crippen LogP contribution < -0.4 is 5.32 Å². The number of anilines is 1. The van der Waals surface area contributed by atoms with E-state index in [2.05, 4.69) is 19.9 Å². The van der Waals surface area contributed by atoms with E-state index in [0.717, 1.165) is 37.4 Å². The van der Waals surface area contributed by atoms with Crippen molar-refractivity contribution < 1.29 is 27.1 Å². The number of carbonyl (C=O) groups excluding carboxylic acids is 1. The largest absolute Gasteiger partial charge is 0.419 e. The molecule has 1 aromatic carbocycles. The number of alkyl halides is 3. The zero-order valence-corrected chi connectivity index (χ0v) is 21.9. The van der Waals surface area contributed by atoms with Crippen LogP contribution >= 0.6 is 0 Å². The second-order valence-corrected chi connectivity index (χ2v) is 10.9. The van der Waals surface area contributed by atoms with Gasteiger partial charge >= 0.3 is 6.18 Å². The maximum absolute atomic E-state index is 14.8. The number of carbonyl (C=O) groups is 1. The van der Waals surface area contributed by atoms with Crippen LogP contribution in [0.15, 0.2) is 24.3 Å². The third-order valence-electron chi connectivity index (χ3n) is 8.31. The van der Waals surface area contributed by atoms with Crippen molar-refractivity contribution in [1.82, 2.24) is 19.4 Å². The quantitative estimate of drug-likeness (QED) is 0.411. The number of fused-ring (bicyclic) bond motifs is 3. The van der Waals surface area contributed by atoms with Crippen molar-refractivity contribution in [2.45, 2.75) is 64.4 Å². The molecule has 11 heteroatoms. The molecule has 1 aliphatic carbocycles. The molecule has 1 unspecified atom stereocenters. The highest BCUT2D eigenvalue weighted by Gasteiger charge is 2.42. The van der Waals surface area contributed by atoms with Crippen LogP contribution in [-0.4, -0.2) is 45.0 Å². The molecular weight excluding hydrogens is 514 g/mol. The molecule has 2 atom stereocenters. The lowest BCUT2D eigenvalue weighted by Crippen LogP contribution is -2.54. The van der Waals surface area contributed by atoms with Gasteiger partial charge in [-0.05, 0) is 38.8 Å². The van der Waals surface area contributed by atoms with E-state index in [4.69, 9.17) is 4.74 Å². The molecule has 1 amide bonds. The molecule has 7 nitrogen and oxygen atoms in total. The van der Waals surface area contributed by atoms with Gasteiger partial charge in [0.25, 0.3) is 0 Å². The molecule has 39 heavy (non-hydrogen) atoms. The Bertz CT molecular complexity index is 1410. The molecule has 1 saturated carbocycles. The van der Waals surface area contributed by atoms with Gasteiger partial charge in [0.05, 0.1) is 23.6 Å². The SMILES string of the molecule is Cc1nc(N[C@H](C)c2cccc(C(F)(F)F)c2F)c2cc3n(c2n1)CCOC3C1CN(C(=O)C2CCCC2)C1. The van der Waals surface area contributed by atoms with Crippen molar-refractivity contribution in [2.24, 2.45) is 11.8 Å². The molecule has 0 spiro atoms. The predicted octanol–water partition coefficient (Wildman–Crippen LogP) is 5.79. The van der Waals surface area contributed by atoms with Crippen LogP contribution in [0.4, 0.5) is 23.4 Å². The molecule has 1 N–H and O–H groups in total. The summed E-state index contributed by atoms with van der Waals surface area (Å²) in [6.07, 6.45) is -0.791. The van der Waals surface area contributed by atoms with Crippen LogP contribution in [0.5, 0.6) is 0 Å². The van der Waals surface area contributed by atoms with Gasteiger partial charge in [-0.3, -0.25) is 4.79 Å². The van der Waals surface area contributed by atoms with Crippen LogP contribution in [0.1, 0.15) is 67.4 Å². The lowest BCUT2D eigenvalue weighted by molar-refractivity contribution is -0.148. The first-order valence-electron chi connectivity index (χ1n) is 13.5. The van der Waals surface area contributed by atoms with Crippen molar-refractivity contribution in [2.75, 3.05) is 25.0 Å². The highest BCUT2D eigenvalue weighted by atomic mass is 19.4. The van der Waals surface area contributed by atoms with Gasteiger partial charge in [0.15, 0.2) is 0 Å². The van der Waals surface area contributed by atoms with Crippen LogP contribution in [0, 0.1) is 24.6 Å². The van der Waals surface area contributed by atoms with Gasteiger partial charge < -0.3 is 19.5 Å². The highest BCUT2D eigenvalue weighted by Crippen LogP contribution is 2.41. The number of benzene rings is 1. The fourth-order valence-electron chi connectivity index (χ4n) is 6.27. The number of hydrogen-bond donors (Lipinski definition) is 1. The molecular formula is C28H31F4N5O2. The Morgan fingerprint density at radius 2 is 1.92 bits per heavy atom. The molecule has 1 saturated heterocycles. The monoisotopic (exact) mass is 545 g/mol. The molecule has 2 fully saturated rings. The Kier molecular flexibility index (Phi) is 6.52. The van der Waals surface area contributed by atoms with E-state index in [1.165, 1.54) is 12.1 Å². The van der Waals surface area contributed by atoms with Gasteiger partial charge in [0, 0.05) is 42.7 Å². The second-order valence-electron chi connectivity index (χ2n) is 10.9. The maximum Gasteiger partial charge on any atom is 0.419 e. The van der Waals surface area contributed by atoms with Crippen LogP contribution in [0.25, 0.3) is 11.0 Å². The Balaban J connectivity index is 1.27. The van der Waals surface area contributed by atoms with Crippen molar-refractivity contribution in [1.29, 1.82) is 0 Å². The molecule has 4 heterocycles. The third-order valence-corrected chi connectivity index (χ3v) is 8.31. The number of nitrogens with zero attached hydrogens (tertiary/aromatic N) is 4. The van der Waals surface area contributed by atoms with Crippen molar-refractivity contribution in [3.8, 4) is 0 Å². The van der Waals surface area contributed by atoms with Crippen LogP contribution in [-0.2, 0) is 22.3 Å². The molecule has 3 aromatic rings. The minimum Gasteiger partial charge on any atom is -0.370 e. The fourth-order valence-corrected chi connectivity index (χ4v) is 6.27. The Morgan fingerprint density at radius 3 is 2.64 bits per heavy atom. The molecule has 6 rings (SSSR count). The highest BCUT2D eigenvalue weighted by molar-refractivity contribution is 5.89. The predicted molar refractivity (Wildman–Crippen MR) is 136 cm³/mol. The summed E-state index contributed by atoms with van der Waals surface area (Å²) in [6, 6.07) is 4.47. The fraction of sp³-hybridized carbons (Fsp3) is 0.536. The number of aryl methyl sites for hydroxylation is 1. The van der Waals surface area contributed by atoms with E-state index in [1.54, 1.807) is 13.8 Å². The summed E-state index contributed by atoms with van der Waals surface area (Å²) in [7, 11) is 0. The average Bonchev–Trinajstić information content (AvgIpc) is 3.51. The van der Waals surface area contributed by atoms with E-state index in [-0.39, 0.29) is 29.4 Å². The molecule has 0 radical (unpaired) electrons. The Hall–Kier alpha value is -3.21. The summed E-state index contributed by atoms with van der Waals surface area (Å²) < 4.78 is 62.9. The lowest BCUT2D eigenvalue weighted by Gasteiger charge is -2.45. The normalized spacial score (nSPS) is 21.2. The van der Waals surface area contributed by atoms with Crippen molar-refractivity contribution in [3.63, 3.8) is 0 Å². The number of hydrogen-bond acceptors (Lipinski definition) is 5. The van der Waals surface area contributed by atoms with Gasteiger partial charge in [-0.25, -0.2) is 14.4 Å². The molecule has 208 valence electrons. The number of likely N-dealkylation sites (tertiary alicyclic amines) is 1. The zero-order chi connectivity index (χ0) is 27.5. The van der Waals surface area contributed by atoms with Gasteiger partial charge in [-0.2, -0.15) is 13.2 Å². The van der Waals surface area contributed by atoms with Crippen molar-refractivity contribution >= 4 is 22.8 Å². The van der Waals surface area contributed by atoms with Gasteiger partial charge in [-0.15, -0.1) is 0 Å². The van der Waals surface area contributed by atoms with Gasteiger partial charge in [0.1, 0.15) is 29.2 Å². The number of aromatic nitrogens is 3. The standard InChI is InChI=1S/C28H31F4N5O2/c1-15(19-8-5-9-21(23(19)29)28(30,31)32)33-25-20-12-22-24(39-11-10-37(22)26(20)35-16(2)34-25)18-13-36(14-18)27(38)17-6-3-4-7-17/h5,8-9,12,15,17-18,24H,3-4,6-7,10-11,13-14H2,1-2H3,(H,33,34,35)/t15-,24?/m1/s1. The number of rotatable bonds is 5. The minimum absolute atomic E-state index is 0.0964. The molecule has 3 aliphatic rings. The Labute approximate surface area is 223 Å². The summed E-state index contributed by atoms with van der Waals surface area (Å²) in [5, 5.41) is 3.83. The molecule has 2 aliphatic heterocycles. The van der Waals surface area contributed by atoms with Crippen LogP contribution in [0.3, 0.4) is 0 Å². The third kappa shape index (κ3) is 4.64. The topological polar surface area (TPSA) is 72.3 Å². The second kappa shape index (κ2) is 9.76. The summed E-state index contributed by atoms with van der Waals surface area (Å²) in [5.41, 5.74) is 0.247. The first-order chi connectivity index (χ1) is 18.6. The summed E-state index contributed by atoms with van der Waals surface area (Å²) in [4.78, 5) is 23.9. The number of ether oxygens (including phenoxy) is 1. The van der Waals surface area contributed by atoms with E-state index in [0.29, 0.717) is 48.9 Å². The summed E-state index contributed by atoms with van der Waals surface area (Å²) >= 11 is 0. The number of halogens is 4. The smallest absolute Gasteiger partial charge is 0.370 e. The first-order valence-corrected chi connectivity index (χ1v) is 13.5. The summed E-state index contributed by atoms with van der Waals surface area (Å²) in [6.45, 7) is 5.77. The number of amides is 1. The first kappa shape index (κ1) is 26.0. The molecule has 2 aromatic heterocycles. The van der Waals surface area contributed by atoms with Gasteiger partial charge in [0.2, 0.25) is 5.91 Å². The van der Waals surface area contributed by atoms with E-state index >= 15 is 0 Å².